The third kappa shape index (κ3) is 5.96. The molecule has 3 heterocycles. The second-order valence-electron chi connectivity index (χ2n) is 7.98. The Kier molecular flexibility index (Phi) is 8.93. The Labute approximate surface area is 207 Å². The summed E-state index contributed by atoms with van der Waals surface area (Å²) in [5.74, 6) is -0.767. The van der Waals surface area contributed by atoms with Gasteiger partial charge in [-0.1, -0.05) is 40.7 Å². The summed E-state index contributed by atoms with van der Waals surface area (Å²) in [6, 6.07) is 7.21. The molecular formula is C25H30F2N8O. The Hall–Kier alpha value is -4.02. The van der Waals surface area contributed by atoms with E-state index in [0.29, 0.717) is 23.2 Å². The number of benzene rings is 1. The molecule has 0 radical (unpaired) electrons. The molecule has 190 valence electrons. The molecule has 0 fully saturated rings. The van der Waals surface area contributed by atoms with Gasteiger partial charge in [0.25, 0.3) is 0 Å². The average Bonchev–Trinajstić information content (AvgIpc) is 3.32. The van der Waals surface area contributed by atoms with Gasteiger partial charge in [0, 0.05) is 12.1 Å². The van der Waals surface area contributed by atoms with Crippen molar-refractivity contribution < 1.29 is 8.78 Å². The largest absolute Gasteiger partial charge is 0.347 e. The van der Waals surface area contributed by atoms with Crippen LogP contribution in [0.4, 0.5) is 14.7 Å². The first-order valence-electron chi connectivity index (χ1n) is 11.9. The van der Waals surface area contributed by atoms with E-state index in [9.17, 15) is 13.6 Å². The van der Waals surface area contributed by atoms with Crippen molar-refractivity contribution in [1.29, 1.82) is 0 Å². The average molecular weight is 497 g/mol. The zero-order valence-electron chi connectivity index (χ0n) is 20.9. The Morgan fingerprint density at radius 1 is 1.08 bits per heavy atom. The first-order valence-corrected chi connectivity index (χ1v) is 11.9. The number of H-pyrrole nitrogens is 2. The van der Waals surface area contributed by atoms with Crippen LogP contribution in [0.1, 0.15) is 75.7 Å². The molecule has 0 saturated carbocycles. The zero-order valence-corrected chi connectivity index (χ0v) is 20.9. The number of hydrogen-bond donors (Lipinski definition) is 3. The van der Waals surface area contributed by atoms with Gasteiger partial charge in [-0.15, -0.1) is 0 Å². The summed E-state index contributed by atoms with van der Waals surface area (Å²) in [7, 11) is 0. The second kappa shape index (κ2) is 12.1. The maximum atomic E-state index is 14.4. The molecule has 4 rings (SSSR count). The highest BCUT2D eigenvalue weighted by Crippen LogP contribution is 2.33. The van der Waals surface area contributed by atoms with E-state index in [0.717, 1.165) is 12.0 Å². The van der Waals surface area contributed by atoms with Crippen LogP contribution >= 0.6 is 0 Å². The minimum Gasteiger partial charge on any atom is -0.347 e. The third-order valence-corrected chi connectivity index (χ3v) is 5.71. The summed E-state index contributed by atoms with van der Waals surface area (Å²) in [4.78, 5) is 22.5. The van der Waals surface area contributed by atoms with Crippen LogP contribution in [-0.4, -0.2) is 35.3 Å². The molecule has 4 aromatic rings. The van der Waals surface area contributed by atoms with Crippen molar-refractivity contribution in [3.8, 4) is 11.3 Å². The van der Waals surface area contributed by atoms with E-state index in [1.807, 2.05) is 34.6 Å². The van der Waals surface area contributed by atoms with Crippen molar-refractivity contribution in [2.24, 2.45) is 0 Å². The lowest BCUT2D eigenvalue weighted by molar-refractivity contribution is 0.587. The van der Waals surface area contributed by atoms with Gasteiger partial charge in [-0.25, -0.2) is 28.6 Å². The fraction of sp³-hybridized carbons (Fsp3) is 0.360. The van der Waals surface area contributed by atoms with Gasteiger partial charge >= 0.3 is 5.69 Å². The number of nitrogens with zero attached hydrogens (tertiary/aromatic N) is 5. The number of aromatic nitrogens is 7. The van der Waals surface area contributed by atoms with Crippen molar-refractivity contribution >= 4 is 5.95 Å². The number of anilines is 1. The van der Waals surface area contributed by atoms with E-state index in [1.54, 1.807) is 18.3 Å². The predicted octanol–water partition coefficient (Wildman–Crippen LogP) is 4.93. The maximum absolute atomic E-state index is 14.4. The summed E-state index contributed by atoms with van der Waals surface area (Å²) in [5, 5.41) is 17.7. The fourth-order valence-corrected chi connectivity index (χ4v) is 3.62. The van der Waals surface area contributed by atoms with E-state index in [4.69, 9.17) is 0 Å². The molecule has 2 atom stereocenters. The van der Waals surface area contributed by atoms with E-state index in [-0.39, 0.29) is 29.6 Å². The number of hydrogen-bond acceptors (Lipinski definition) is 7. The molecule has 0 saturated heterocycles. The highest BCUT2D eigenvalue weighted by Gasteiger charge is 2.23. The molecule has 3 aromatic heterocycles. The Morgan fingerprint density at radius 3 is 2.44 bits per heavy atom. The number of rotatable bonds is 8. The topological polar surface area (TPSA) is 125 Å². The van der Waals surface area contributed by atoms with Gasteiger partial charge in [0.15, 0.2) is 0 Å². The number of nitrogens with one attached hydrogen (secondary N) is 3. The van der Waals surface area contributed by atoms with Gasteiger partial charge in [0.1, 0.15) is 17.5 Å². The summed E-state index contributed by atoms with van der Waals surface area (Å²) >= 11 is 0. The van der Waals surface area contributed by atoms with Gasteiger partial charge in [-0.3, -0.25) is 4.98 Å². The number of aromatic amines is 2. The molecular weight excluding hydrogens is 466 g/mol. The zero-order chi connectivity index (χ0) is 26.2. The van der Waals surface area contributed by atoms with Crippen LogP contribution in [0.5, 0.6) is 0 Å². The molecule has 11 heteroatoms. The molecule has 9 nitrogen and oxygen atoms in total. The second-order valence-corrected chi connectivity index (χ2v) is 7.98. The van der Waals surface area contributed by atoms with Crippen molar-refractivity contribution in [3.05, 3.63) is 81.4 Å². The molecule has 0 amide bonds. The van der Waals surface area contributed by atoms with Gasteiger partial charge in [0.2, 0.25) is 5.95 Å². The van der Waals surface area contributed by atoms with Gasteiger partial charge < -0.3 is 5.32 Å². The summed E-state index contributed by atoms with van der Waals surface area (Å²) in [6.45, 7) is 10.2. The van der Waals surface area contributed by atoms with Crippen molar-refractivity contribution in [2.45, 2.75) is 59.4 Å². The summed E-state index contributed by atoms with van der Waals surface area (Å²) in [6.07, 6.45) is 2.43. The molecule has 0 bridgehead atoms. The fourth-order valence-electron chi connectivity index (χ4n) is 3.62. The Bertz CT molecular complexity index is 1330. The van der Waals surface area contributed by atoms with Crippen LogP contribution in [0.25, 0.3) is 11.3 Å². The Balaban J connectivity index is 0.00000176. The highest BCUT2D eigenvalue weighted by molar-refractivity contribution is 5.61. The molecule has 1 unspecified atom stereocenters. The lowest BCUT2D eigenvalue weighted by Crippen LogP contribution is -2.12. The first kappa shape index (κ1) is 26.6. The van der Waals surface area contributed by atoms with Crippen LogP contribution in [0.3, 0.4) is 0 Å². The van der Waals surface area contributed by atoms with Crippen molar-refractivity contribution in [1.82, 2.24) is 35.3 Å². The van der Waals surface area contributed by atoms with E-state index in [2.05, 4.69) is 40.7 Å². The van der Waals surface area contributed by atoms with E-state index >= 15 is 0 Å². The lowest BCUT2D eigenvalue weighted by Gasteiger charge is -2.19. The third-order valence-electron chi connectivity index (χ3n) is 5.71. The highest BCUT2D eigenvalue weighted by atomic mass is 19.1. The van der Waals surface area contributed by atoms with Gasteiger partial charge in [-0.05, 0) is 42.2 Å². The van der Waals surface area contributed by atoms with Crippen LogP contribution < -0.4 is 11.0 Å². The smallest absolute Gasteiger partial charge is 0.340 e. The minimum atomic E-state index is -0.685. The summed E-state index contributed by atoms with van der Waals surface area (Å²) in [5.41, 5.74) is 1.79. The van der Waals surface area contributed by atoms with E-state index < -0.39 is 17.3 Å². The van der Waals surface area contributed by atoms with Gasteiger partial charge in [0.05, 0.1) is 29.2 Å². The normalized spacial score (nSPS) is 12.4. The first-order chi connectivity index (χ1) is 17.4. The predicted molar refractivity (Wildman–Crippen MR) is 134 cm³/mol. The number of halogens is 2. The van der Waals surface area contributed by atoms with Crippen LogP contribution in [0.2, 0.25) is 0 Å². The van der Waals surface area contributed by atoms with Crippen molar-refractivity contribution in [3.63, 3.8) is 0 Å². The Morgan fingerprint density at radius 2 is 1.81 bits per heavy atom. The lowest BCUT2D eigenvalue weighted by atomic mass is 9.89. The molecule has 1 aromatic carbocycles. The molecule has 0 aliphatic rings. The van der Waals surface area contributed by atoms with Gasteiger partial charge in [-0.2, -0.15) is 15.3 Å². The molecule has 3 N–H and O–H groups in total. The minimum absolute atomic E-state index is 0.0810. The monoisotopic (exact) mass is 496 g/mol. The van der Waals surface area contributed by atoms with Crippen LogP contribution in [0.15, 0.2) is 41.3 Å². The molecule has 0 aliphatic carbocycles. The summed E-state index contributed by atoms with van der Waals surface area (Å²) < 4.78 is 28.7. The maximum Gasteiger partial charge on any atom is 0.340 e. The quantitative estimate of drug-likeness (QED) is 0.316. The standard InChI is InChI=1S/C23H24F2N8O.C2H6/c1-4-12(2)14-10-18(20-15(24)6-5-7-16(20)25)30-32-21(14)13(3)17-8-9-26-22(28-17)27-11-19-29-23(34)33-31-19;1-2/h5-10,12-13H,4,11H2,1-3H3,(H,26,27,28)(H2,29,31,33,34);1-2H3/t12-,13?;/m1./s1. The molecule has 0 aliphatic heterocycles. The van der Waals surface area contributed by atoms with Crippen molar-refractivity contribution in [2.75, 3.05) is 5.32 Å². The molecule has 0 spiro atoms. The van der Waals surface area contributed by atoms with Crippen LogP contribution in [0, 0.1) is 11.6 Å². The SMILES string of the molecule is CC.CC[C@@H](C)c1cc(-c2c(F)cccc2F)nnc1C(C)c1ccnc(NCc2n[nH]c(=O)[nH]2)n1. The van der Waals surface area contributed by atoms with Crippen LogP contribution in [-0.2, 0) is 6.54 Å². The molecule has 36 heavy (non-hydrogen) atoms. The van der Waals surface area contributed by atoms with E-state index in [1.165, 1.54) is 18.2 Å².